The first-order valence-electron chi connectivity index (χ1n) is 7.17. The molecule has 110 valence electrons. The number of aromatic nitrogens is 1. The highest BCUT2D eigenvalue weighted by atomic mass is 16.1. The third-order valence-electron chi connectivity index (χ3n) is 3.06. The SMILES string of the molecule is CCCNc1cncc(C(=O)Nc2cc(C)cc(C)c2)c1. The molecule has 21 heavy (non-hydrogen) atoms. The summed E-state index contributed by atoms with van der Waals surface area (Å²) in [7, 11) is 0. The van der Waals surface area contributed by atoms with Gasteiger partial charge in [-0.3, -0.25) is 9.78 Å². The van der Waals surface area contributed by atoms with E-state index in [0.717, 1.165) is 35.5 Å². The van der Waals surface area contributed by atoms with Gasteiger partial charge in [-0.1, -0.05) is 13.0 Å². The Morgan fingerprint density at radius 1 is 1.05 bits per heavy atom. The van der Waals surface area contributed by atoms with E-state index in [2.05, 4.69) is 28.6 Å². The van der Waals surface area contributed by atoms with Gasteiger partial charge in [0.2, 0.25) is 0 Å². The largest absolute Gasteiger partial charge is 0.384 e. The number of carbonyl (C=O) groups is 1. The van der Waals surface area contributed by atoms with Crippen LogP contribution in [0, 0.1) is 13.8 Å². The predicted octanol–water partition coefficient (Wildman–Crippen LogP) is 3.77. The normalized spacial score (nSPS) is 10.2. The van der Waals surface area contributed by atoms with E-state index in [0.29, 0.717) is 5.56 Å². The molecule has 0 fully saturated rings. The summed E-state index contributed by atoms with van der Waals surface area (Å²) in [5, 5.41) is 6.15. The first kappa shape index (κ1) is 15.0. The predicted molar refractivity (Wildman–Crippen MR) is 86.9 cm³/mol. The molecule has 0 unspecified atom stereocenters. The lowest BCUT2D eigenvalue weighted by Crippen LogP contribution is -2.13. The van der Waals surface area contributed by atoms with E-state index in [1.54, 1.807) is 12.4 Å². The fourth-order valence-electron chi connectivity index (χ4n) is 2.18. The van der Waals surface area contributed by atoms with E-state index in [4.69, 9.17) is 0 Å². The number of hydrogen-bond donors (Lipinski definition) is 2. The number of aryl methyl sites for hydroxylation is 2. The van der Waals surface area contributed by atoms with Crippen LogP contribution in [-0.2, 0) is 0 Å². The van der Waals surface area contributed by atoms with E-state index < -0.39 is 0 Å². The molecule has 1 amide bonds. The van der Waals surface area contributed by atoms with Gasteiger partial charge >= 0.3 is 0 Å². The van der Waals surface area contributed by atoms with Crippen LogP contribution in [0.15, 0.2) is 36.7 Å². The molecule has 1 aromatic heterocycles. The molecule has 0 radical (unpaired) electrons. The van der Waals surface area contributed by atoms with Crippen molar-refractivity contribution in [3.63, 3.8) is 0 Å². The molecule has 2 rings (SSSR count). The third-order valence-corrected chi connectivity index (χ3v) is 3.06. The quantitative estimate of drug-likeness (QED) is 0.878. The highest BCUT2D eigenvalue weighted by molar-refractivity contribution is 6.04. The van der Waals surface area contributed by atoms with Gasteiger partial charge in [0.1, 0.15) is 0 Å². The minimum atomic E-state index is -0.146. The molecular formula is C17H21N3O. The Hall–Kier alpha value is -2.36. The van der Waals surface area contributed by atoms with E-state index in [1.165, 1.54) is 0 Å². The zero-order chi connectivity index (χ0) is 15.2. The second-order valence-corrected chi connectivity index (χ2v) is 5.22. The van der Waals surface area contributed by atoms with Crippen molar-refractivity contribution in [3.8, 4) is 0 Å². The molecule has 2 N–H and O–H groups in total. The smallest absolute Gasteiger partial charge is 0.257 e. The maximum absolute atomic E-state index is 12.3. The van der Waals surface area contributed by atoms with Crippen LogP contribution in [0.25, 0.3) is 0 Å². The van der Waals surface area contributed by atoms with Gasteiger partial charge in [0.25, 0.3) is 5.91 Å². The zero-order valence-electron chi connectivity index (χ0n) is 12.7. The summed E-state index contributed by atoms with van der Waals surface area (Å²) in [5.74, 6) is -0.146. The molecule has 0 saturated heterocycles. The summed E-state index contributed by atoms with van der Waals surface area (Å²) in [6, 6.07) is 7.81. The van der Waals surface area contributed by atoms with Crippen molar-refractivity contribution in [1.29, 1.82) is 0 Å². The van der Waals surface area contributed by atoms with Gasteiger partial charge in [0.05, 0.1) is 11.3 Å². The fraction of sp³-hybridized carbons (Fsp3) is 0.294. The Morgan fingerprint density at radius 2 is 1.76 bits per heavy atom. The maximum Gasteiger partial charge on any atom is 0.257 e. The average molecular weight is 283 g/mol. The first-order valence-corrected chi connectivity index (χ1v) is 7.17. The van der Waals surface area contributed by atoms with Crippen molar-refractivity contribution >= 4 is 17.3 Å². The monoisotopic (exact) mass is 283 g/mol. The third kappa shape index (κ3) is 4.31. The van der Waals surface area contributed by atoms with Crippen LogP contribution >= 0.6 is 0 Å². The Morgan fingerprint density at radius 3 is 2.43 bits per heavy atom. The van der Waals surface area contributed by atoms with Crippen molar-refractivity contribution < 1.29 is 4.79 Å². The van der Waals surface area contributed by atoms with E-state index in [-0.39, 0.29) is 5.91 Å². The minimum absolute atomic E-state index is 0.146. The molecule has 4 heteroatoms. The van der Waals surface area contributed by atoms with Gasteiger partial charge in [0.15, 0.2) is 0 Å². The van der Waals surface area contributed by atoms with Crippen LogP contribution in [-0.4, -0.2) is 17.4 Å². The van der Waals surface area contributed by atoms with Crippen molar-refractivity contribution in [2.24, 2.45) is 0 Å². The molecule has 4 nitrogen and oxygen atoms in total. The van der Waals surface area contributed by atoms with Crippen molar-refractivity contribution in [2.45, 2.75) is 27.2 Å². The number of nitrogens with zero attached hydrogens (tertiary/aromatic N) is 1. The van der Waals surface area contributed by atoms with E-state index >= 15 is 0 Å². The topological polar surface area (TPSA) is 54.0 Å². The number of rotatable bonds is 5. The molecule has 1 heterocycles. The second kappa shape index (κ2) is 6.88. The summed E-state index contributed by atoms with van der Waals surface area (Å²) in [5.41, 5.74) is 4.48. The van der Waals surface area contributed by atoms with Crippen LogP contribution in [0.2, 0.25) is 0 Å². The van der Waals surface area contributed by atoms with Gasteiger partial charge in [-0.2, -0.15) is 0 Å². The van der Waals surface area contributed by atoms with Crippen LogP contribution in [0.1, 0.15) is 34.8 Å². The first-order chi connectivity index (χ1) is 10.1. The lowest BCUT2D eigenvalue weighted by atomic mass is 10.1. The summed E-state index contributed by atoms with van der Waals surface area (Å²) >= 11 is 0. The van der Waals surface area contributed by atoms with Gasteiger partial charge < -0.3 is 10.6 Å². The van der Waals surface area contributed by atoms with E-state index in [1.807, 2.05) is 32.0 Å². The summed E-state index contributed by atoms with van der Waals surface area (Å²) in [6.45, 7) is 6.99. The van der Waals surface area contributed by atoms with Crippen LogP contribution in [0.3, 0.4) is 0 Å². The van der Waals surface area contributed by atoms with Gasteiger partial charge in [-0.25, -0.2) is 0 Å². The number of carbonyl (C=O) groups excluding carboxylic acids is 1. The zero-order valence-corrected chi connectivity index (χ0v) is 12.7. The minimum Gasteiger partial charge on any atom is -0.384 e. The van der Waals surface area contributed by atoms with Gasteiger partial charge in [-0.15, -0.1) is 0 Å². The molecule has 0 aliphatic rings. The Bertz CT molecular complexity index is 617. The Kier molecular flexibility index (Phi) is 4.93. The number of amides is 1. The average Bonchev–Trinajstić information content (AvgIpc) is 2.44. The summed E-state index contributed by atoms with van der Waals surface area (Å²) < 4.78 is 0. The molecule has 2 aromatic rings. The Labute approximate surface area is 125 Å². The van der Waals surface area contributed by atoms with E-state index in [9.17, 15) is 4.79 Å². The van der Waals surface area contributed by atoms with Crippen molar-refractivity contribution in [1.82, 2.24) is 4.98 Å². The van der Waals surface area contributed by atoms with Crippen LogP contribution in [0.5, 0.6) is 0 Å². The van der Waals surface area contributed by atoms with Crippen LogP contribution in [0.4, 0.5) is 11.4 Å². The number of hydrogen-bond acceptors (Lipinski definition) is 3. The lowest BCUT2D eigenvalue weighted by molar-refractivity contribution is 0.102. The fourth-order valence-corrected chi connectivity index (χ4v) is 2.18. The Balaban J connectivity index is 2.12. The lowest BCUT2D eigenvalue weighted by Gasteiger charge is -2.09. The molecule has 0 bridgehead atoms. The number of pyridine rings is 1. The number of benzene rings is 1. The second-order valence-electron chi connectivity index (χ2n) is 5.22. The molecular weight excluding hydrogens is 262 g/mol. The maximum atomic E-state index is 12.3. The molecule has 0 saturated carbocycles. The number of nitrogens with one attached hydrogen (secondary N) is 2. The molecule has 0 atom stereocenters. The molecule has 0 spiro atoms. The summed E-state index contributed by atoms with van der Waals surface area (Å²) in [4.78, 5) is 16.4. The highest BCUT2D eigenvalue weighted by Crippen LogP contribution is 2.16. The van der Waals surface area contributed by atoms with Crippen LogP contribution < -0.4 is 10.6 Å². The molecule has 0 aliphatic carbocycles. The van der Waals surface area contributed by atoms with Gasteiger partial charge in [-0.05, 0) is 49.6 Å². The standard InChI is InChI=1S/C17H21N3O/c1-4-5-19-16-9-14(10-18-11-16)17(21)20-15-7-12(2)6-13(3)8-15/h6-11,19H,4-5H2,1-3H3,(H,20,21). The number of anilines is 2. The van der Waals surface area contributed by atoms with Gasteiger partial charge in [0, 0.05) is 24.6 Å². The summed E-state index contributed by atoms with van der Waals surface area (Å²) in [6.07, 6.45) is 4.33. The van der Waals surface area contributed by atoms with Crippen molar-refractivity contribution in [2.75, 3.05) is 17.2 Å². The molecule has 1 aromatic carbocycles. The van der Waals surface area contributed by atoms with Crippen molar-refractivity contribution in [3.05, 3.63) is 53.3 Å². The molecule has 0 aliphatic heterocycles. The highest BCUT2D eigenvalue weighted by Gasteiger charge is 2.08.